The number of carbonyl (C=O) groups excluding carboxylic acids is 1. The van der Waals surface area contributed by atoms with Gasteiger partial charge in [0.15, 0.2) is 0 Å². The number of carbonyl (C=O) groups is 1. The molecule has 17 heavy (non-hydrogen) atoms. The van der Waals surface area contributed by atoms with Crippen molar-refractivity contribution in [2.75, 3.05) is 0 Å². The van der Waals surface area contributed by atoms with Crippen LogP contribution in [0.15, 0.2) is 0 Å². The molecule has 0 heterocycles. The minimum atomic E-state index is -1.52. The molecule has 0 aromatic rings. The Bertz CT molecular complexity index is 215. The lowest BCUT2D eigenvalue weighted by atomic mass is 9.76. The molecule has 0 aliphatic heterocycles. The van der Waals surface area contributed by atoms with Gasteiger partial charge in [-0.1, -0.05) is 39.5 Å². The minimum Gasteiger partial charge on any atom is -0.426 e. The van der Waals surface area contributed by atoms with Crippen molar-refractivity contribution in [3.05, 3.63) is 0 Å². The van der Waals surface area contributed by atoms with Crippen molar-refractivity contribution in [2.45, 2.75) is 64.4 Å². The Morgan fingerprint density at radius 1 is 1.24 bits per heavy atom. The van der Waals surface area contributed by atoms with Gasteiger partial charge in [-0.05, 0) is 12.8 Å². The van der Waals surface area contributed by atoms with Crippen LogP contribution in [0.1, 0.15) is 52.4 Å². The normalized spacial score (nSPS) is 14.2. The minimum absolute atomic E-state index is 0.298. The van der Waals surface area contributed by atoms with Crippen molar-refractivity contribution in [3.63, 3.8) is 0 Å². The van der Waals surface area contributed by atoms with E-state index < -0.39 is 19.1 Å². The standard InChI is InChI=1S/C11H25BN2O3/c1-3-5-7-9(13)11(15)14-10(12(16)17)8-6-4-2/h9-10,16-17H,3-8,13H2,1-2H3,(H,14,15)/t9-,10+/m0/s1. The number of amides is 1. The maximum Gasteiger partial charge on any atom is 0.475 e. The molecule has 2 atom stereocenters. The lowest BCUT2D eigenvalue weighted by Crippen LogP contribution is -2.51. The third-order valence-electron chi connectivity index (χ3n) is 2.76. The van der Waals surface area contributed by atoms with Crippen molar-refractivity contribution in [2.24, 2.45) is 5.73 Å². The molecule has 0 fully saturated rings. The van der Waals surface area contributed by atoms with Gasteiger partial charge in [0.2, 0.25) is 5.91 Å². The fourth-order valence-electron chi connectivity index (χ4n) is 1.56. The largest absolute Gasteiger partial charge is 0.475 e. The molecule has 0 unspecified atom stereocenters. The van der Waals surface area contributed by atoms with Gasteiger partial charge < -0.3 is 21.1 Å². The van der Waals surface area contributed by atoms with Gasteiger partial charge in [0.1, 0.15) is 0 Å². The fourth-order valence-corrected chi connectivity index (χ4v) is 1.56. The average Bonchev–Trinajstić information content (AvgIpc) is 2.30. The molecule has 0 aromatic heterocycles. The van der Waals surface area contributed by atoms with Gasteiger partial charge in [-0.3, -0.25) is 4.79 Å². The van der Waals surface area contributed by atoms with Gasteiger partial charge in [-0.25, -0.2) is 0 Å². The first-order chi connectivity index (χ1) is 8.02. The zero-order valence-corrected chi connectivity index (χ0v) is 10.9. The second kappa shape index (κ2) is 9.45. The Hall–Kier alpha value is -0.585. The Kier molecular flexibility index (Phi) is 9.12. The highest BCUT2D eigenvalue weighted by Crippen LogP contribution is 2.04. The van der Waals surface area contributed by atoms with Crippen molar-refractivity contribution < 1.29 is 14.8 Å². The molecule has 100 valence electrons. The molecule has 0 saturated carbocycles. The van der Waals surface area contributed by atoms with Crippen LogP contribution in [-0.4, -0.2) is 35.1 Å². The third-order valence-corrected chi connectivity index (χ3v) is 2.76. The van der Waals surface area contributed by atoms with Crippen molar-refractivity contribution in [1.82, 2.24) is 5.32 Å². The zero-order valence-electron chi connectivity index (χ0n) is 10.9. The molecule has 0 radical (unpaired) electrons. The zero-order chi connectivity index (χ0) is 13.3. The quantitative estimate of drug-likeness (QED) is 0.435. The third kappa shape index (κ3) is 7.36. The first-order valence-corrected chi connectivity index (χ1v) is 6.45. The number of nitrogens with two attached hydrogens (primary N) is 1. The second-order valence-electron chi connectivity index (χ2n) is 4.42. The van der Waals surface area contributed by atoms with E-state index in [-0.39, 0.29) is 5.91 Å². The topological polar surface area (TPSA) is 95.6 Å². The van der Waals surface area contributed by atoms with Crippen molar-refractivity contribution in [3.8, 4) is 0 Å². The summed E-state index contributed by atoms with van der Waals surface area (Å²) in [6.07, 6.45) is 4.86. The molecule has 0 aromatic carbocycles. The highest BCUT2D eigenvalue weighted by atomic mass is 16.4. The summed E-state index contributed by atoms with van der Waals surface area (Å²) in [6, 6.07) is -0.558. The van der Waals surface area contributed by atoms with E-state index in [1.165, 1.54) is 0 Å². The first-order valence-electron chi connectivity index (χ1n) is 6.45. The molecule has 0 bridgehead atoms. The van der Waals surface area contributed by atoms with Crippen LogP contribution in [0.5, 0.6) is 0 Å². The van der Waals surface area contributed by atoms with Gasteiger partial charge in [0.25, 0.3) is 0 Å². The average molecular weight is 244 g/mol. The van der Waals surface area contributed by atoms with Crippen molar-refractivity contribution in [1.29, 1.82) is 0 Å². The Morgan fingerprint density at radius 3 is 2.24 bits per heavy atom. The number of nitrogens with one attached hydrogen (secondary N) is 1. The summed E-state index contributed by atoms with van der Waals surface area (Å²) >= 11 is 0. The molecule has 6 heteroatoms. The predicted octanol–water partition coefficient (Wildman–Crippen LogP) is 0.191. The second-order valence-corrected chi connectivity index (χ2v) is 4.42. The Balaban J connectivity index is 4.10. The van der Waals surface area contributed by atoms with Crippen LogP contribution in [0.2, 0.25) is 0 Å². The molecule has 1 amide bonds. The number of unbranched alkanes of at least 4 members (excludes halogenated alkanes) is 2. The van der Waals surface area contributed by atoms with E-state index in [4.69, 9.17) is 15.8 Å². The van der Waals surface area contributed by atoms with E-state index in [0.717, 1.165) is 25.7 Å². The summed E-state index contributed by atoms with van der Waals surface area (Å²) in [5, 5.41) is 20.9. The maximum atomic E-state index is 11.7. The summed E-state index contributed by atoms with van der Waals surface area (Å²) in [4.78, 5) is 11.7. The maximum absolute atomic E-state index is 11.7. The summed E-state index contributed by atoms with van der Waals surface area (Å²) in [5.41, 5.74) is 5.71. The lowest BCUT2D eigenvalue weighted by molar-refractivity contribution is -0.123. The van der Waals surface area contributed by atoms with Crippen LogP contribution in [-0.2, 0) is 4.79 Å². The van der Waals surface area contributed by atoms with E-state index in [0.29, 0.717) is 12.8 Å². The van der Waals surface area contributed by atoms with Gasteiger partial charge in [0.05, 0.1) is 12.0 Å². The summed E-state index contributed by atoms with van der Waals surface area (Å²) < 4.78 is 0. The van der Waals surface area contributed by atoms with E-state index >= 15 is 0 Å². The highest BCUT2D eigenvalue weighted by molar-refractivity contribution is 6.43. The van der Waals surface area contributed by atoms with E-state index in [1.54, 1.807) is 0 Å². The molecule has 0 saturated heterocycles. The van der Waals surface area contributed by atoms with Gasteiger partial charge in [-0.2, -0.15) is 0 Å². The molecule has 0 spiro atoms. The van der Waals surface area contributed by atoms with E-state index in [2.05, 4.69) is 5.32 Å². The molecule has 0 rings (SSSR count). The first kappa shape index (κ1) is 16.4. The van der Waals surface area contributed by atoms with Crippen LogP contribution in [0, 0.1) is 0 Å². The summed E-state index contributed by atoms with van der Waals surface area (Å²) in [6.45, 7) is 4.04. The summed E-state index contributed by atoms with van der Waals surface area (Å²) in [7, 11) is -1.52. The van der Waals surface area contributed by atoms with Crippen LogP contribution in [0.25, 0.3) is 0 Å². The van der Waals surface area contributed by atoms with Crippen molar-refractivity contribution >= 4 is 13.0 Å². The van der Waals surface area contributed by atoms with Crippen LogP contribution in [0.3, 0.4) is 0 Å². The van der Waals surface area contributed by atoms with Gasteiger partial charge >= 0.3 is 7.12 Å². The van der Waals surface area contributed by atoms with Crippen LogP contribution in [0.4, 0.5) is 0 Å². The molecule has 5 nitrogen and oxygen atoms in total. The smallest absolute Gasteiger partial charge is 0.426 e. The van der Waals surface area contributed by atoms with Crippen LogP contribution >= 0.6 is 0 Å². The monoisotopic (exact) mass is 244 g/mol. The number of hydrogen-bond donors (Lipinski definition) is 4. The highest BCUT2D eigenvalue weighted by Gasteiger charge is 2.26. The number of hydrogen-bond acceptors (Lipinski definition) is 4. The SMILES string of the molecule is CCCC[C@@H](NC(=O)[C@@H](N)CCCC)B(O)O. The van der Waals surface area contributed by atoms with Gasteiger partial charge in [-0.15, -0.1) is 0 Å². The van der Waals surface area contributed by atoms with Gasteiger partial charge in [0, 0.05) is 0 Å². The van der Waals surface area contributed by atoms with E-state index in [1.807, 2.05) is 13.8 Å². The predicted molar refractivity (Wildman–Crippen MR) is 69.1 cm³/mol. The molecular formula is C11H25BN2O3. The molecule has 0 aliphatic carbocycles. The van der Waals surface area contributed by atoms with Crippen LogP contribution < -0.4 is 11.1 Å². The number of rotatable bonds is 9. The van der Waals surface area contributed by atoms with E-state index in [9.17, 15) is 4.79 Å². The Labute approximate surface area is 104 Å². The summed E-state index contributed by atoms with van der Waals surface area (Å²) in [5.74, 6) is -0.914. The molecular weight excluding hydrogens is 219 g/mol. The molecule has 5 N–H and O–H groups in total. The lowest BCUT2D eigenvalue weighted by Gasteiger charge is -2.20. The fraction of sp³-hybridized carbons (Fsp3) is 0.909. The molecule has 0 aliphatic rings. The Morgan fingerprint density at radius 2 is 1.76 bits per heavy atom.